The maximum atomic E-state index is 13.4. The largest absolute Gasteiger partial charge is 0.484 e. The van der Waals surface area contributed by atoms with Gasteiger partial charge in [-0.15, -0.1) is 0 Å². The SMILES string of the molecule is CCC(NNC(=O)c1ccc2c(c1)B(O)N(S(C)(=O)=O)N=C2C(=O)c1cc(C)cc(C)c1)C(C)(C)C. The van der Waals surface area contributed by atoms with E-state index in [0.29, 0.717) is 9.89 Å². The maximum absolute atomic E-state index is 13.4. The molecule has 36 heavy (non-hydrogen) atoms. The monoisotopic (exact) mass is 512 g/mol. The van der Waals surface area contributed by atoms with Crippen molar-refractivity contribution in [3.63, 3.8) is 0 Å². The molecule has 1 amide bonds. The van der Waals surface area contributed by atoms with Crippen LogP contribution in [0.3, 0.4) is 0 Å². The Kier molecular flexibility index (Phi) is 7.78. The fourth-order valence-corrected chi connectivity index (χ4v) is 4.99. The fourth-order valence-electron chi connectivity index (χ4n) is 4.28. The summed E-state index contributed by atoms with van der Waals surface area (Å²) in [5, 5.41) is 14.9. The molecule has 0 spiro atoms. The van der Waals surface area contributed by atoms with E-state index in [2.05, 4.69) is 36.7 Å². The first-order chi connectivity index (χ1) is 16.6. The zero-order valence-electron chi connectivity index (χ0n) is 21.7. The van der Waals surface area contributed by atoms with Crippen LogP contribution in [0, 0.1) is 19.3 Å². The second-order valence-corrected chi connectivity index (χ2v) is 12.1. The van der Waals surface area contributed by atoms with E-state index < -0.39 is 28.8 Å². The summed E-state index contributed by atoms with van der Waals surface area (Å²) in [5.74, 6) is -0.943. The highest BCUT2D eigenvalue weighted by molar-refractivity contribution is 7.89. The molecular formula is C25H33BN4O5S. The van der Waals surface area contributed by atoms with Crippen molar-refractivity contribution in [2.75, 3.05) is 6.26 Å². The van der Waals surface area contributed by atoms with Crippen LogP contribution in [0.15, 0.2) is 41.5 Å². The third-order valence-corrected chi connectivity index (χ3v) is 7.07. The number of Topliss-reactive ketones (excluding diaryl/α,β-unsaturated/α-hetero) is 1. The highest BCUT2D eigenvalue weighted by Crippen LogP contribution is 2.22. The number of aryl methyl sites for hydroxylation is 2. The van der Waals surface area contributed by atoms with Gasteiger partial charge >= 0.3 is 7.05 Å². The third-order valence-electron chi connectivity index (χ3n) is 6.11. The molecule has 0 aliphatic carbocycles. The summed E-state index contributed by atoms with van der Waals surface area (Å²) in [6.07, 6.45) is 1.68. The number of fused-ring (bicyclic) bond motifs is 1. The summed E-state index contributed by atoms with van der Waals surface area (Å²) < 4.78 is 25.3. The second-order valence-electron chi connectivity index (χ2n) is 10.3. The first-order valence-corrected chi connectivity index (χ1v) is 13.6. The van der Waals surface area contributed by atoms with Crippen LogP contribution in [-0.4, -0.2) is 54.5 Å². The van der Waals surface area contributed by atoms with Gasteiger partial charge in [-0.05, 0) is 55.4 Å². The smallest absolute Gasteiger partial charge is 0.427 e. The minimum absolute atomic E-state index is 0.0135. The molecule has 1 aliphatic heterocycles. The van der Waals surface area contributed by atoms with E-state index in [9.17, 15) is 23.0 Å². The van der Waals surface area contributed by atoms with E-state index in [4.69, 9.17) is 0 Å². The van der Waals surface area contributed by atoms with E-state index in [1.54, 1.807) is 12.1 Å². The molecule has 1 heterocycles. The lowest BCUT2D eigenvalue weighted by Crippen LogP contribution is -2.55. The molecule has 0 fully saturated rings. The van der Waals surface area contributed by atoms with E-state index in [-0.39, 0.29) is 33.8 Å². The van der Waals surface area contributed by atoms with Crippen molar-refractivity contribution in [2.24, 2.45) is 10.5 Å². The summed E-state index contributed by atoms with van der Waals surface area (Å²) >= 11 is 0. The number of hydrazine groups is 1. The van der Waals surface area contributed by atoms with Crippen molar-refractivity contribution >= 4 is 39.9 Å². The molecule has 0 bridgehead atoms. The standard InChI is InChI=1S/C25H33BN4O5S/c1-8-21(25(4,5)6)27-28-24(32)17-9-10-19-20(14-17)26(33)30(36(7,34)35)29-22(19)23(31)18-12-15(2)11-16(3)13-18/h9-14,21,27,33H,8H2,1-7H3,(H,28,32). The topological polar surface area (TPSA) is 128 Å². The lowest BCUT2D eigenvalue weighted by molar-refractivity contribution is 0.0906. The molecular weight excluding hydrogens is 479 g/mol. The summed E-state index contributed by atoms with van der Waals surface area (Å²) in [6, 6.07) is 9.73. The Morgan fingerprint density at radius 3 is 2.22 bits per heavy atom. The van der Waals surface area contributed by atoms with Crippen LogP contribution in [0.1, 0.15) is 71.5 Å². The zero-order chi connectivity index (χ0) is 27.0. The van der Waals surface area contributed by atoms with Crippen LogP contribution in [0.5, 0.6) is 0 Å². The molecule has 0 saturated heterocycles. The quantitative estimate of drug-likeness (QED) is 0.296. The molecule has 3 N–H and O–H groups in total. The third kappa shape index (κ3) is 5.85. The van der Waals surface area contributed by atoms with Gasteiger partial charge < -0.3 is 5.02 Å². The van der Waals surface area contributed by atoms with Crippen LogP contribution in [0.2, 0.25) is 0 Å². The number of carbonyl (C=O) groups excluding carboxylic acids is 2. The molecule has 1 atom stereocenters. The normalized spacial score (nSPS) is 14.7. The molecule has 1 aliphatic rings. The van der Waals surface area contributed by atoms with Crippen LogP contribution < -0.4 is 16.3 Å². The van der Waals surface area contributed by atoms with E-state index in [0.717, 1.165) is 23.8 Å². The zero-order valence-corrected chi connectivity index (χ0v) is 22.5. The Labute approximate surface area is 213 Å². The lowest BCUT2D eigenvalue weighted by atomic mass is 9.69. The predicted molar refractivity (Wildman–Crippen MR) is 142 cm³/mol. The van der Waals surface area contributed by atoms with Gasteiger partial charge in [0.05, 0.1) is 6.26 Å². The number of rotatable bonds is 7. The molecule has 0 radical (unpaired) electrons. The minimum atomic E-state index is -4.03. The number of nitrogens with one attached hydrogen (secondary N) is 2. The number of ketones is 1. The van der Waals surface area contributed by atoms with Gasteiger partial charge in [0, 0.05) is 22.7 Å². The lowest BCUT2D eigenvalue weighted by Gasteiger charge is -2.31. The van der Waals surface area contributed by atoms with Crippen molar-refractivity contribution in [2.45, 2.75) is 54.0 Å². The number of nitrogens with zero attached hydrogens (tertiary/aromatic N) is 2. The first kappa shape index (κ1) is 27.6. The number of carbonyl (C=O) groups is 2. The number of hydrazone groups is 1. The molecule has 1 unspecified atom stereocenters. The van der Waals surface area contributed by atoms with Gasteiger partial charge in [-0.1, -0.05) is 51.0 Å². The summed E-state index contributed by atoms with van der Waals surface area (Å²) in [5.41, 5.74) is 8.15. The molecule has 9 nitrogen and oxygen atoms in total. The van der Waals surface area contributed by atoms with Gasteiger partial charge in [0.2, 0.25) is 15.8 Å². The molecule has 192 valence electrons. The average molecular weight is 512 g/mol. The average Bonchev–Trinajstić information content (AvgIpc) is 2.76. The Bertz CT molecular complexity index is 1310. The van der Waals surface area contributed by atoms with Gasteiger partial charge in [0.1, 0.15) is 5.71 Å². The number of benzene rings is 2. The van der Waals surface area contributed by atoms with Gasteiger partial charge in [-0.2, -0.15) is 5.10 Å². The van der Waals surface area contributed by atoms with Crippen LogP contribution in [-0.2, 0) is 10.0 Å². The number of sulfonamides is 1. The Morgan fingerprint density at radius 1 is 1.08 bits per heavy atom. The highest BCUT2D eigenvalue weighted by atomic mass is 32.2. The minimum Gasteiger partial charge on any atom is -0.427 e. The van der Waals surface area contributed by atoms with Crippen molar-refractivity contribution in [1.29, 1.82) is 0 Å². The summed E-state index contributed by atoms with van der Waals surface area (Å²) in [7, 11) is -5.72. The van der Waals surface area contributed by atoms with Gasteiger partial charge in [-0.25, -0.2) is 18.2 Å². The predicted octanol–water partition coefficient (Wildman–Crippen LogP) is 1.91. The van der Waals surface area contributed by atoms with Crippen LogP contribution >= 0.6 is 0 Å². The van der Waals surface area contributed by atoms with Crippen LogP contribution in [0.4, 0.5) is 0 Å². The van der Waals surface area contributed by atoms with Gasteiger partial charge in [-0.3, -0.25) is 15.0 Å². The summed E-state index contributed by atoms with van der Waals surface area (Å²) in [6.45, 7) is 11.9. The van der Waals surface area contributed by atoms with Gasteiger partial charge in [0.25, 0.3) is 5.91 Å². The van der Waals surface area contributed by atoms with Crippen molar-refractivity contribution < 1.29 is 23.0 Å². The molecule has 3 rings (SSSR count). The number of hydrogen-bond donors (Lipinski definition) is 3. The molecule has 2 aromatic rings. The first-order valence-electron chi connectivity index (χ1n) is 11.7. The Hall–Kier alpha value is -3.02. The second kappa shape index (κ2) is 10.2. The van der Waals surface area contributed by atoms with Crippen molar-refractivity contribution in [3.05, 3.63) is 64.2 Å². The van der Waals surface area contributed by atoms with E-state index in [1.807, 2.05) is 26.8 Å². The van der Waals surface area contributed by atoms with Crippen LogP contribution in [0.25, 0.3) is 0 Å². The van der Waals surface area contributed by atoms with Gasteiger partial charge in [0.15, 0.2) is 0 Å². The Balaban J connectivity index is 2.03. The Morgan fingerprint density at radius 2 is 1.69 bits per heavy atom. The number of hydrogen-bond acceptors (Lipinski definition) is 7. The van der Waals surface area contributed by atoms with Crippen molar-refractivity contribution in [3.8, 4) is 0 Å². The molecule has 11 heteroatoms. The number of amides is 1. The highest BCUT2D eigenvalue weighted by Gasteiger charge is 2.40. The van der Waals surface area contributed by atoms with E-state index >= 15 is 0 Å². The summed E-state index contributed by atoms with van der Waals surface area (Å²) in [4.78, 5) is 26.3. The maximum Gasteiger partial charge on any atom is 0.484 e. The fraction of sp³-hybridized carbons (Fsp3) is 0.400. The van der Waals surface area contributed by atoms with E-state index in [1.165, 1.54) is 18.2 Å². The molecule has 0 aromatic heterocycles. The molecule has 0 saturated carbocycles. The van der Waals surface area contributed by atoms with Crippen molar-refractivity contribution in [1.82, 2.24) is 15.2 Å². The molecule has 2 aromatic carbocycles.